The van der Waals surface area contributed by atoms with E-state index < -0.39 is 0 Å². The molecule has 0 bridgehead atoms. The van der Waals surface area contributed by atoms with Gasteiger partial charge in [-0.2, -0.15) is 0 Å². The van der Waals surface area contributed by atoms with E-state index in [4.69, 9.17) is 9.84 Å². The number of nitrogens with one attached hydrogen (secondary N) is 1. The van der Waals surface area contributed by atoms with Crippen LogP contribution in [-0.4, -0.2) is 18.3 Å². The van der Waals surface area contributed by atoms with Crippen LogP contribution in [0.2, 0.25) is 0 Å². The highest BCUT2D eigenvalue weighted by Crippen LogP contribution is 2.20. The van der Waals surface area contributed by atoms with Gasteiger partial charge in [-0.05, 0) is 28.1 Å². The third kappa shape index (κ3) is 4.62. The maximum atomic E-state index is 8.80. The van der Waals surface area contributed by atoms with Crippen molar-refractivity contribution < 1.29 is 9.84 Å². The largest absolute Gasteiger partial charge is 0.491 e. The van der Waals surface area contributed by atoms with Crippen molar-refractivity contribution in [3.8, 4) is 5.75 Å². The number of halogens is 1. The zero-order valence-electron chi connectivity index (χ0n) is 10.4. The van der Waals surface area contributed by atoms with Crippen molar-refractivity contribution in [2.24, 2.45) is 0 Å². The first kappa shape index (κ1) is 14.5. The molecular weight excluding hydrogens is 326 g/mol. The van der Waals surface area contributed by atoms with Crippen LogP contribution in [0.4, 0.5) is 0 Å². The zero-order chi connectivity index (χ0) is 13.5. The molecule has 19 heavy (non-hydrogen) atoms. The van der Waals surface area contributed by atoms with Crippen molar-refractivity contribution >= 4 is 27.3 Å². The van der Waals surface area contributed by atoms with Gasteiger partial charge in [0.25, 0.3) is 0 Å². The van der Waals surface area contributed by atoms with Crippen molar-refractivity contribution in [3.05, 3.63) is 50.6 Å². The molecule has 0 spiro atoms. The Morgan fingerprint density at radius 3 is 2.84 bits per heavy atom. The second-order valence-electron chi connectivity index (χ2n) is 4.01. The number of aliphatic hydroxyl groups is 1. The number of hydrogen-bond acceptors (Lipinski definition) is 4. The van der Waals surface area contributed by atoms with Crippen LogP contribution in [0.25, 0.3) is 0 Å². The van der Waals surface area contributed by atoms with E-state index in [2.05, 4.69) is 32.7 Å². The molecule has 0 amide bonds. The van der Waals surface area contributed by atoms with Gasteiger partial charge in [0.05, 0.1) is 6.61 Å². The minimum atomic E-state index is 0.0327. The molecule has 1 heterocycles. The van der Waals surface area contributed by atoms with Crippen LogP contribution in [0.1, 0.15) is 10.4 Å². The summed E-state index contributed by atoms with van der Waals surface area (Å²) in [5, 5.41) is 14.3. The molecule has 0 saturated heterocycles. The Hall–Kier alpha value is -0.880. The van der Waals surface area contributed by atoms with Crippen LogP contribution < -0.4 is 10.1 Å². The molecule has 5 heteroatoms. The highest BCUT2D eigenvalue weighted by Gasteiger charge is 2.03. The Balaban J connectivity index is 1.88. The minimum absolute atomic E-state index is 0.0327. The normalized spacial score (nSPS) is 10.6. The maximum Gasteiger partial charge on any atom is 0.123 e. The van der Waals surface area contributed by atoms with Crippen molar-refractivity contribution in [1.82, 2.24) is 5.32 Å². The maximum absolute atomic E-state index is 8.80. The van der Waals surface area contributed by atoms with Crippen molar-refractivity contribution in [3.63, 3.8) is 0 Å². The van der Waals surface area contributed by atoms with Gasteiger partial charge >= 0.3 is 0 Å². The number of para-hydroxylation sites is 1. The Morgan fingerprint density at radius 2 is 2.11 bits per heavy atom. The molecule has 3 nitrogen and oxygen atoms in total. The average Bonchev–Trinajstić information content (AvgIpc) is 2.83. The molecule has 2 rings (SSSR count). The highest BCUT2D eigenvalue weighted by atomic mass is 79.9. The average molecular weight is 342 g/mol. The number of benzene rings is 1. The third-order valence-electron chi connectivity index (χ3n) is 2.56. The Morgan fingerprint density at radius 1 is 1.26 bits per heavy atom. The van der Waals surface area contributed by atoms with E-state index in [1.165, 1.54) is 4.88 Å². The molecule has 0 radical (unpaired) electrons. The molecular formula is C14H16BrNO2S. The molecule has 0 fully saturated rings. The fourth-order valence-electron chi connectivity index (χ4n) is 1.71. The molecule has 102 valence electrons. The third-order valence-corrected chi connectivity index (χ3v) is 4.26. The molecule has 2 N–H and O–H groups in total. The van der Waals surface area contributed by atoms with Gasteiger partial charge in [-0.3, -0.25) is 0 Å². The summed E-state index contributed by atoms with van der Waals surface area (Å²) < 4.78 is 6.62. The van der Waals surface area contributed by atoms with Crippen molar-refractivity contribution in [1.29, 1.82) is 0 Å². The molecule has 0 aliphatic rings. The first-order valence-corrected chi connectivity index (χ1v) is 7.72. The second-order valence-corrected chi connectivity index (χ2v) is 5.93. The second kappa shape index (κ2) is 7.65. The van der Waals surface area contributed by atoms with Gasteiger partial charge in [-0.15, -0.1) is 11.3 Å². The van der Waals surface area contributed by atoms with Gasteiger partial charge in [0.1, 0.15) is 12.4 Å². The number of thiophene rings is 1. The minimum Gasteiger partial charge on any atom is -0.491 e. The molecule has 0 aliphatic heterocycles. The van der Waals surface area contributed by atoms with Gasteiger partial charge in [-0.1, -0.05) is 18.2 Å². The Kier molecular flexibility index (Phi) is 5.85. The van der Waals surface area contributed by atoms with Gasteiger partial charge in [0.2, 0.25) is 0 Å². The predicted molar refractivity (Wildman–Crippen MR) is 81.6 cm³/mol. The van der Waals surface area contributed by atoms with Gasteiger partial charge < -0.3 is 15.2 Å². The molecule has 2 aromatic rings. The molecule has 1 aromatic carbocycles. The number of rotatable bonds is 7. The molecule has 0 aliphatic carbocycles. The topological polar surface area (TPSA) is 41.5 Å². The Labute approximate surface area is 125 Å². The van der Waals surface area contributed by atoms with Crippen molar-refractivity contribution in [2.75, 3.05) is 13.2 Å². The van der Waals surface area contributed by atoms with Crippen LogP contribution in [-0.2, 0) is 13.1 Å². The first-order chi connectivity index (χ1) is 9.29. The van der Waals surface area contributed by atoms with E-state index in [0.29, 0.717) is 6.61 Å². The van der Waals surface area contributed by atoms with Crippen LogP contribution in [0.5, 0.6) is 5.75 Å². The summed E-state index contributed by atoms with van der Waals surface area (Å²) >= 11 is 5.18. The van der Waals surface area contributed by atoms with Gasteiger partial charge in [-0.25, -0.2) is 0 Å². The van der Waals surface area contributed by atoms with E-state index in [1.807, 2.05) is 24.3 Å². The van der Waals surface area contributed by atoms with Crippen molar-refractivity contribution in [2.45, 2.75) is 13.1 Å². The first-order valence-electron chi connectivity index (χ1n) is 6.05. The van der Waals surface area contributed by atoms with E-state index in [1.54, 1.807) is 11.3 Å². The summed E-state index contributed by atoms with van der Waals surface area (Å²) in [4.78, 5) is 1.29. The van der Waals surface area contributed by atoms with Crippen LogP contribution in [0.15, 0.2) is 40.2 Å². The summed E-state index contributed by atoms with van der Waals surface area (Å²) in [7, 11) is 0. The van der Waals surface area contributed by atoms with Gasteiger partial charge in [0.15, 0.2) is 0 Å². The molecule has 0 saturated carbocycles. The standard InChI is InChI=1S/C14H16BrNO2S/c15-12-7-13(19-10-12)9-16-8-11-3-1-2-4-14(11)18-6-5-17/h1-4,7,10,16-17H,5-6,8-9H2. The van der Waals surface area contributed by atoms with Crippen LogP contribution in [0, 0.1) is 0 Å². The summed E-state index contributed by atoms with van der Waals surface area (Å²) in [6.45, 7) is 1.95. The number of ether oxygens (including phenoxy) is 1. The number of hydrogen-bond donors (Lipinski definition) is 2. The monoisotopic (exact) mass is 341 g/mol. The molecule has 1 aromatic heterocycles. The predicted octanol–water partition coefficient (Wildman–Crippen LogP) is 3.17. The lowest BCUT2D eigenvalue weighted by Gasteiger charge is -2.11. The molecule has 0 unspecified atom stereocenters. The SMILES string of the molecule is OCCOc1ccccc1CNCc1cc(Br)cs1. The van der Waals surface area contributed by atoms with Crippen LogP contribution >= 0.6 is 27.3 Å². The summed E-state index contributed by atoms with van der Waals surface area (Å²) in [6, 6.07) is 10.0. The summed E-state index contributed by atoms with van der Waals surface area (Å²) in [5.74, 6) is 0.830. The Bertz CT molecular complexity index is 516. The van der Waals surface area contributed by atoms with E-state index in [0.717, 1.165) is 28.9 Å². The van der Waals surface area contributed by atoms with E-state index in [-0.39, 0.29) is 6.61 Å². The summed E-state index contributed by atoms with van der Waals surface area (Å²) in [6.07, 6.45) is 0. The fourth-order valence-corrected chi connectivity index (χ4v) is 3.13. The van der Waals surface area contributed by atoms with Crippen LogP contribution in [0.3, 0.4) is 0 Å². The smallest absolute Gasteiger partial charge is 0.123 e. The summed E-state index contributed by atoms with van der Waals surface area (Å²) in [5.41, 5.74) is 1.10. The lowest BCUT2D eigenvalue weighted by molar-refractivity contribution is 0.200. The fraction of sp³-hybridized carbons (Fsp3) is 0.286. The number of aliphatic hydroxyl groups excluding tert-OH is 1. The lowest BCUT2D eigenvalue weighted by Crippen LogP contribution is -2.13. The highest BCUT2D eigenvalue weighted by molar-refractivity contribution is 9.10. The lowest BCUT2D eigenvalue weighted by atomic mass is 10.2. The molecule has 0 atom stereocenters. The van der Waals surface area contributed by atoms with E-state index in [9.17, 15) is 0 Å². The quantitative estimate of drug-likeness (QED) is 0.812. The zero-order valence-corrected chi connectivity index (χ0v) is 12.8. The van der Waals surface area contributed by atoms with E-state index >= 15 is 0 Å². The van der Waals surface area contributed by atoms with Gasteiger partial charge in [0, 0.05) is 33.4 Å².